The van der Waals surface area contributed by atoms with E-state index in [1.807, 2.05) is 64.1 Å². The van der Waals surface area contributed by atoms with Crippen LogP contribution in [0.15, 0.2) is 36.4 Å². The molecular formula is C30H36O5. The van der Waals surface area contributed by atoms with E-state index < -0.39 is 30.0 Å². The van der Waals surface area contributed by atoms with Crippen molar-refractivity contribution in [2.24, 2.45) is 22.7 Å². The Morgan fingerprint density at radius 2 is 1.49 bits per heavy atom. The highest BCUT2D eigenvalue weighted by Gasteiger charge is 2.53. The Balaban J connectivity index is 1.96. The van der Waals surface area contributed by atoms with E-state index in [0.717, 1.165) is 10.8 Å². The van der Waals surface area contributed by atoms with Gasteiger partial charge in [0, 0.05) is 24.3 Å². The van der Waals surface area contributed by atoms with Crippen LogP contribution in [0.3, 0.4) is 0 Å². The van der Waals surface area contributed by atoms with Gasteiger partial charge in [-0.05, 0) is 40.5 Å². The van der Waals surface area contributed by atoms with Crippen LogP contribution in [-0.2, 0) is 9.59 Å². The maximum absolute atomic E-state index is 13.7. The third-order valence-corrected chi connectivity index (χ3v) is 7.75. The second-order valence-corrected chi connectivity index (χ2v) is 11.9. The summed E-state index contributed by atoms with van der Waals surface area (Å²) in [5, 5.41) is 24.5. The van der Waals surface area contributed by atoms with Crippen molar-refractivity contribution in [1.82, 2.24) is 0 Å². The highest BCUT2D eigenvalue weighted by Crippen LogP contribution is 2.52. The monoisotopic (exact) mass is 476 g/mol. The van der Waals surface area contributed by atoms with E-state index in [4.69, 9.17) is 11.2 Å². The topological polar surface area (TPSA) is 83.8 Å². The summed E-state index contributed by atoms with van der Waals surface area (Å²) in [6.45, 7) is 7.92. The van der Waals surface area contributed by atoms with Crippen molar-refractivity contribution in [2.75, 3.05) is 6.61 Å². The molecule has 2 aliphatic carbocycles. The highest BCUT2D eigenvalue weighted by molar-refractivity contribution is 5.93. The Morgan fingerprint density at radius 3 is 2.00 bits per heavy atom. The lowest BCUT2D eigenvalue weighted by atomic mass is 9.58. The van der Waals surface area contributed by atoms with Crippen molar-refractivity contribution in [2.45, 2.75) is 71.5 Å². The Kier molecular flexibility index (Phi) is 6.83. The lowest BCUT2D eigenvalue weighted by Crippen LogP contribution is -2.51. The molecule has 0 bridgehead atoms. The lowest BCUT2D eigenvalue weighted by molar-refractivity contribution is -0.144. The second-order valence-electron chi connectivity index (χ2n) is 11.9. The van der Waals surface area contributed by atoms with Gasteiger partial charge in [-0.3, -0.25) is 9.59 Å². The molecule has 0 spiro atoms. The average molecular weight is 477 g/mol. The first-order chi connectivity index (χ1) is 16.4. The number of Topliss-reactive ketones (excluding diaryl/α,β-unsaturated/α-hetero) is 2. The first-order valence-corrected chi connectivity index (χ1v) is 12.4. The molecule has 5 atom stereocenters. The smallest absolute Gasteiger partial charge is 0.148 e. The van der Waals surface area contributed by atoms with Crippen molar-refractivity contribution in [3.05, 3.63) is 42.0 Å². The largest absolute Gasteiger partial charge is 0.481 e. The van der Waals surface area contributed by atoms with Gasteiger partial charge in [-0.15, -0.1) is 6.42 Å². The summed E-state index contributed by atoms with van der Waals surface area (Å²) in [6.07, 6.45) is 5.09. The first kappa shape index (κ1) is 25.4. The fourth-order valence-corrected chi connectivity index (χ4v) is 6.47. The second kappa shape index (κ2) is 9.41. The van der Waals surface area contributed by atoms with E-state index in [1.165, 1.54) is 0 Å². The third-order valence-electron chi connectivity index (χ3n) is 7.75. The normalized spacial score (nSPS) is 28.9. The molecule has 2 N–H and O–H groups in total. The maximum atomic E-state index is 13.7. The van der Waals surface area contributed by atoms with E-state index >= 15 is 0 Å². The molecule has 0 saturated heterocycles. The number of ether oxygens (including phenoxy) is 1. The Hall–Kier alpha value is -2.68. The quantitative estimate of drug-likeness (QED) is 0.613. The minimum absolute atomic E-state index is 0.0282. The summed E-state index contributed by atoms with van der Waals surface area (Å²) >= 11 is 0. The first-order valence-electron chi connectivity index (χ1n) is 12.4. The van der Waals surface area contributed by atoms with Crippen LogP contribution in [-0.4, -0.2) is 40.6 Å². The number of fused-ring (bicyclic) bond motifs is 1. The van der Waals surface area contributed by atoms with Crippen LogP contribution in [0.1, 0.15) is 64.9 Å². The number of hydrogen-bond donors (Lipinski definition) is 2. The zero-order valence-electron chi connectivity index (χ0n) is 21.1. The molecular weight excluding hydrogens is 440 g/mol. The van der Waals surface area contributed by atoms with Gasteiger partial charge in [0.25, 0.3) is 0 Å². The summed E-state index contributed by atoms with van der Waals surface area (Å²) in [7, 11) is 0. The predicted molar refractivity (Wildman–Crippen MR) is 136 cm³/mol. The van der Waals surface area contributed by atoms with Gasteiger partial charge < -0.3 is 14.9 Å². The van der Waals surface area contributed by atoms with E-state index in [2.05, 4.69) is 5.92 Å². The van der Waals surface area contributed by atoms with E-state index in [9.17, 15) is 19.8 Å². The summed E-state index contributed by atoms with van der Waals surface area (Å²) in [4.78, 5) is 27.3. The minimum Gasteiger partial charge on any atom is -0.481 e. The molecule has 0 amide bonds. The predicted octanol–water partition coefficient (Wildman–Crippen LogP) is 4.67. The van der Waals surface area contributed by atoms with Gasteiger partial charge in [0.2, 0.25) is 0 Å². The van der Waals surface area contributed by atoms with Crippen LogP contribution >= 0.6 is 0 Å². The molecule has 0 aromatic heterocycles. The van der Waals surface area contributed by atoms with E-state index in [1.54, 1.807) is 0 Å². The van der Waals surface area contributed by atoms with Gasteiger partial charge in [0.05, 0.1) is 24.0 Å². The van der Waals surface area contributed by atoms with Gasteiger partial charge in [-0.25, -0.2) is 0 Å². The molecule has 2 fully saturated rings. The SMILES string of the molecule is C#CCOc1ccc2ccccc2c1C([C@@H]1C(=O)CC(C)(C)C[C@H]1O)[C@@H]1C(=O)CC(C)(C)C[C@@H]1O. The van der Waals surface area contributed by atoms with E-state index in [0.29, 0.717) is 37.0 Å². The molecule has 2 aromatic rings. The highest BCUT2D eigenvalue weighted by atomic mass is 16.5. The molecule has 1 unspecified atom stereocenters. The summed E-state index contributed by atoms with van der Waals surface area (Å²) in [6, 6.07) is 11.5. The minimum atomic E-state index is -0.939. The summed E-state index contributed by atoms with van der Waals surface area (Å²) in [5.74, 6) is 0.426. The molecule has 2 aromatic carbocycles. The van der Waals surface area contributed by atoms with Crippen LogP contribution in [0.25, 0.3) is 10.8 Å². The van der Waals surface area contributed by atoms with Crippen molar-refractivity contribution in [1.29, 1.82) is 0 Å². The zero-order valence-corrected chi connectivity index (χ0v) is 21.1. The molecule has 4 rings (SSSR count). The molecule has 186 valence electrons. The molecule has 5 heteroatoms. The third kappa shape index (κ3) is 5.01. The Morgan fingerprint density at radius 1 is 0.943 bits per heavy atom. The maximum Gasteiger partial charge on any atom is 0.148 e. The van der Waals surface area contributed by atoms with Crippen LogP contribution < -0.4 is 4.74 Å². The summed E-state index contributed by atoms with van der Waals surface area (Å²) in [5.41, 5.74) is -0.000367. The molecule has 0 aliphatic heterocycles. The molecule has 2 saturated carbocycles. The number of aliphatic hydroxyl groups is 2. The molecule has 5 nitrogen and oxygen atoms in total. The summed E-state index contributed by atoms with van der Waals surface area (Å²) < 4.78 is 5.96. The number of benzene rings is 2. The van der Waals surface area contributed by atoms with Gasteiger partial charge >= 0.3 is 0 Å². The van der Waals surface area contributed by atoms with E-state index in [-0.39, 0.29) is 29.0 Å². The van der Waals surface area contributed by atoms with Gasteiger partial charge in [0.1, 0.15) is 23.9 Å². The number of terminal acetylenes is 1. The fourth-order valence-electron chi connectivity index (χ4n) is 6.47. The van der Waals surface area contributed by atoms with Crippen LogP contribution in [0, 0.1) is 35.0 Å². The fraction of sp³-hybridized carbons (Fsp3) is 0.533. The van der Waals surface area contributed by atoms with Crippen LogP contribution in [0.5, 0.6) is 5.75 Å². The molecule has 2 aliphatic rings. The van der Waals surface area contributed by atoms with Gasteiger partial charge in [-0.2, -0.15) is 0 Å². The molecule has 0 radical (unpaired) electrons. The van der Waals surface area contributed by atoms with Crippen molar-refractivity contribution in [3.8, 4) is 18.1 Å². The number of carbonyl (C=O) groups is 2. The standard InChI is InChI=1S/C30H36O5/c1-6-13-35-24-12-11-18-9-7-8-10-19(18)25(24)28(26-20(31)14-29(2,3)15-21(26)32)27-22(33)16-30(4,5)17-23(27)34/h1,7-12,20,22,26-28,31,33H,13-17H2,2-5H3/t20-,22+,26-,27-,28?/m0/s1. The van der Waals surface area contributed by atoms with Gasteiger partial charge in [-0.1, -0.05) is 63.9 Å². The van der Waals surface area contributed by atoms with Crippen molar-refractivity contribution in [3.63, 3.8) is 0 Å². The van der Waals surface area contributed by atoms with Crippen molar-refractivity contribution >= 4 is 22.3 Å². The zero-order chi connectivity index (χ0) is 25.5. The van der Waals surface area contributed by atoms with Crippen LogP contribution in [0.2, 0.25) is 0 Å². The van der Waals surface area contributed by atoms with Crippen LogP contribution in [0.4, 0.5) is 0 Å². The number of ketones is 2. The number of carbonyl (C=O) groups excluding carboxylic acids is 2. The number of aliphatic hydroxyl groups excluding tert-OH is 2. The van der Waals surface area contributed by atoms with Crippen molar-refractivity contribution < 1.29 is 24.5 Å². The number of rotatable bonds is 5. The number of hydrogen-bond acceptors (Lipinski definition) is 5. The Bertz CT molecular complexity index is 1130. The van der Waals surface area contributed by atoms with Gasteiger partial charge in [0.15, 0.2) is 0 Å². The Labute approximate surface area is 207 Å². The average Bonchev–Trinajstić information content (AvgIpc) is 2.73. The lowest BCUT2D eigenvalue weighted by Gasteiger charge is -2.46. The molecule has 35 heavy (non-hydrogen) atoms. The molecule has 0 heterocycles.